The van der Waals surface area contributed by atoms with E-state index in [4.69, 9.17) is 5.11 Å². The molecule has 0 saturated heterocycles. The number of carbonyl (C=O) groups is 1. The van der Waals surface area contributed by atoms with Crippen molar-refractivity contribution < 1.29 is 9.90 Å². The summed E-state index contributed by atoms with van der Waals surface area (Å²) in [5.41, 5.74) is 0. The monoisotopic (exact) mass is 242 g/mol. The van der Waals surface area contributed by atoms with Gasteiger partial charge in [0, 0.05) is 30.2 Å². The summed E-state index contributed by atoms with van der Waals surface area (Å²) in [6.07, 6.45) is 2.06. The minimum atomic E-state index is -0.744. The predicted octanol–water partition coefficient (Wildman–Crippen LogP) is 2.14. The van der Waals surface area contributed by atoms with Crippen LogP contribution in [0.5, 0.6) is 0 Å². The van der Waals surface area contributed by atoms with Crippen molar-refractivity contribution in [1.29, 1.82) is 0 Å². The van der Waals surface area contributed by atoms with Crippen LogP contribution in [0.25, 0.3) is 0 Å². The van der Waals surface area contributed by atoms with Crippen LogP contribution >= 0.6 is 11.3 Å². The Balaban J connectivity index is 2.54. The first-order chi connectivity index (χ1) is 7.49. The van der Waals surface area contributed by atoms with Crippen molar-refractivity contribution in [3.05, 3.63) is 16.1 Å². The molecule has 1 heterocycles. The normalized spacial score (nSPS) is 11.3. The van der Waals surface area contributed by atoms with Crippen LogP contribution < -0.4 is 0 Å². The summed E-state index contributed by atoms with van der Waals surface area (Å²) in [6, 6.07) is 0.349. The molecule has 0 fully saturated rings. The van der Waals surface area contributed by atoms with Crippen LogP contribution in [0.3, 0.4) is 0 Å². The summed E-state index contributed by atoms with van der Waals surface area (Å²) < 4.78 is 0. The molecule has 1 aromatic rings. The molecule has 0 aliphatic carbocycles. The number of nitrogens with zero attached hydrogens (tertiary/aromatic N) is 2. The molecule has 0 aromatic carbocycles. The molecule has 1 aromatic heterocycles. The van der Waals surface area contributed by atoms with Gasteiger partial charge in [-0.25, -0.2) is 4.98 Å². The lowest BCUT2D eigenvalue weighted by molar-refractivity contribution is -0.137. The number of hydrogen-bond acceptors (Lipinski definition) is 4. The number of aliphatic carboxylic acids is 1. The van der Waals surface area contributed by atoms with E-state index in [1.807, 2.05) is 13.1 Å². The molecule has 0 aliphatic rings. The highest BCUT2D eigenvalue weighted by Gasteiger charge is 2.12. The van der Waals surface area contributed by atoms with E-state index in [0.717, 1.165) is 11.6 Å². The molecule has 0 unspecified atom stereocenters. The van der Waals surface area contributed by atoms with E-state index in [1.165, 1.54) is 4.88 Å². The second kappa shape index (κ2) is 5.96. The number of hydrogen-bond donors (Lipinski definition) is 1. The Morgan fingerprint density at radius 2 is 2.31 bits per heavy atom. The van der Waals surface area contributed by atoms with Crippen LogP contribution in [0.4, 0.5) is 0 Å². The summed E-state index contributed by atoms with van der Waals surface area (Å²) in [5, 5.41) is 9.73. The number of carboxylic acids is 1. The van der Waals surface area contributed by atoms with Crippen LogP contribution in [0, 0.1) is 6.92 Å². The molecule has 90 valence electrons. The van der Waals surface area contributed by atoms with E-state index in [1.54, 1.807) is 11.3 Å². The third kappa shape index (κ3) is 4.28. The maximum absolute atomic E-state index is 10.5. The minimum Gasteiger partial charge on any atom is -0.481 e. The van der Waals surface area contributed by atoms with Gasteiger partial charge >= 0.3 is 5.97 Å². The zero-order chi connectivity index (χ0) is 12.1. The van der Waals surface area contributed by atoms with Gasteiger partial charge in [-0.1, -0.05) is 0 Å². The Kier molecular flexibility index (Phi) is 4.89. The zero-order valence-electron chi connectivity index (χ0n) is 9.93. The third-order valence-corrected chi connectivity index (χ3v) is 3.27. The molecule has 0 aliphatic heterocycles. The molecule has 0 saturated carbocycles. The molecular formula is C11H18N2O2S. The van der Waals surface area contributed by atoms with Crippen LogP contribution in [0.2, 0.25) is 0 Å². The van der Waals surface area contributed by atoms with Gasteiger partial charge in [-0.2, -0.15) is 0 Å². The van der Waals surface area contributed by atoms with Crippen molar-refractivity contribution in [1.82, 2.24) is 9.88 Å². The standard InChI is InChI=1S/C11H18N2O2S/c1-8(2)13(5-4-11(14)15)7-10-6-12-9(3)16-10/h6,8H,4-5,7H2,1-3H3,(H,14,15). The van der Waals surface area contributed by atoms with Gasteiger partial charge in [-0.15, -0.1) is 11.3 Å². The first-order valence-corrected chi connectivity index (χ1v) is 6.18. The van der Waals surface area contributed by atoms with E-state index in [2.05, 4.69) is 23.7 Å². The Bertz CT molecular complexity index is 350. The Labute approximate surface area is 99.9 Å². The summed E-state index contributed by atoms with van der Waals surface area (Å²) in [6.45, 7) is 7.51. The number of aromatic nitrogens is 1. The van der Waals surface area contributed by atoms with E-state index in [9.17, 15) is 4.79 Å². The lowest BCUT2D eigenvalue weighted by atomic mass is 10.2. The molecule has 0 spiro atoms. The van der Waals surface area contributed by atoms with Crippen LogP contribution in [0.1, 0.15) is 30.2 Å². The van der Waals surface area contributed by atoms with Crippen LogP contribution in [-0.2, 0) is 11.3 Å². The van der Waals surface area contributed by atoms with Gasteiger partial charge in [-0.05, 0) is 20.8 Å². The fourth-order valence-electron chi connectivity index (χ4n) is 1.44. The second-order valence-corrected chi connectivity index (χ2v) is 5.37. The summed E-state index contributed by atoms with van der Waals surface area (Å²) in [5.74, 6) is -0.744. The van der Waals surface area contributed by atoms with Gasteiger partial charge in [0.2, 0.25) is 0 Å². The van der Waals surface area contributed by atoms with Gasteiger partial charge in [0.1, 0.15) is 0 Å². The van der Waals surface area contributed by atoms with E-state index in [-0.39, 0.29) is 6.42 Å². The molecule has 16 heavy (non-hydrogen) atoms. The molecule has 0 radical (unpaired) electrons. The smallest absolute Gasteiger partial charge is 0.304 e. The Morgan fingerprint density at radius 3 is 2.75 bits per heavy atom. The highest BCUT2D eigenvalue weighted by Crippen LogP contribution is 2.15. The number of rotatable bonds is 6. The molecule has 0 atom stereocenters. The molecule has 1 N–H and O–H groups in total. The van der Waals surface area contributed by atoms with Gasteiger partial charge < -0.3 is 5.11 Å². The molecule has 5 heteroatoms. The maximum Gasteiger partial charge on any atom is 0.304 e. The average Bonchev–Trinajstić information content (AvgIpc) is 2.57. The van der Waals surface area contributed by atoms with E-state index < -0.39 is 5.97 Å². The lowest BCUT2D eigenvalue weighted by Crippen LogP contribution is -2.32. The molecule has 0 bridgehead atoms. The Morgan fingerprint density at radius 1 is 1.62 bits per heavy atom. The first-order valence-electron chi connectivity index (χ1n) is 5.36. The minimum absolute atomic E-state index is 0.190. The second-order valence-electron chi connectivity index (χ2n) is 4.05. The Hall–Kier alpha value is -0.940. The average molecular weight is 242 g/mol. The fraction of sp³-hybridized carbons (Fsp3) is 0.636. The van der Waals surface area contributed by atoms with Crippen molar-refractivity contribution in [3.8, 4) is 0 Å². The SMILES string of the molecule is Cc1ncc(CN(CCC(=O)O)C(C)C)s1. The van der Waals surface area contributed by atoms with Gasteiger partial charge in [0.05, 0.1) is 11.4 Å². The topological polar surface area (TPSA) is 53.4 Å². The molecule has 4 nitrogen and oxygen atoms in total. The zero-order valence-corrected chi connectivity index (χ0v) is 10.8. The third-order valence-electron chi connectivity index (χ3n) is 2.37. The summed E-state index contributed by atoms with van der Waals surface area (Å²) in [4.78, 5) is 18.1. The van der Waals surface area contributed by atoms with Crippen molar-refractivity contribution in [3.63, 3.8) is 0 Å². The predicted molar refractivity (Wildman–Crippen MR) is 64.6 cm³/mol. The summed E-state index contributed by atoms with van der Waals surface area (Å²) >= 11 is 1.67. The van der Waals surface area contributed by atoms with E-state index >= 15 is 0 Å². The quantitative estimate of drug-likeness (QED) is 0.830. The van der Waals surface area contributed by atoms with Gasteiger partial charge in [0.25, 0.3) is 0 Å². The lowest BCUT2D eigenvalue weighted by Gasteiger charge is -2.24. The van der Waals surface area contributed by atoms with Crippen molar-refractivity contribution in [2.24, 2.45) is 0 Å². The van der Waals surface area contributed by atoms with Gasteiger partial charge in [0.15, 0.2) is 0 Å². The summed E-state index contributed by atoms with van der Waals surface area (Å²) in [7, 11) is 0. The van der Waals surface area contributed by atoms with Crippen molar-refractivity contribution >= 4 is 17.3 Å². The van der Waals surface area contributed by atoms with Crippen LogP contribution in [-0.4, -0.2) is 33.5 Å². The highest BCUT2D eigenvalue weighted by atomic mass is 32.1. The fourth-order valence-corrected chi connectivity index (χ4v) is 2.26. The number of carboxylic acid groups (broad SMARTS) is 1. The largest absolute Gasteiger partial charge is 0.481 e. The molecule has 1 rings (SSSR count). The first kappa shape index (κ1) is 13.1. The van der Waals surface area contributed by atoms with Crippen molar-refractivity contribution in [2.45, 2.75) is 39.8 Å². The molecular weight excluding hydrogens is 224 g/mol. The van der Waals surface area contributed by atoms with Crippen LogP contribution in [0.15, 0.2) is 6.20 Å². The number of aryl methyl sites for hydroxylation is 1. The number of thiazole rings is 1. The maximum atomic E-state index is 10.5. The van der Waals surface area contributed by atoms with E-state index in [0.29, 0.717) is 12.6 Å². The molecule has 0 amide bonds. The highest BCUT2D eigenvalue weighted by molar-refractivity contribution is 7.11. The van der Waals surface area contributed by atoms with Gasteiger partial charge in [-0.3, -0.25) is 9.69 Å². The van der Waals surface area contributed by atoms with Crippen molar-refractivity contribution in [2.75, 3.05) is 6.54 Å².